The van der Waals surface area contributed by atoms with Gasteiger partial charge in [0.1, 0.15) is 17.2 Å². The van der Waals surface area contributed by atoms with E-state index in [4.69, 9.17) is 9.79 Å². The molecule has 0 bridgehead atoms. The molecule has 0 saturated heterocycles. The van der Waals surface area contributed by atoms with Crippen molar-refractivity contribution in [2.75, 3.05) is 0 Å². The smallest absolute Gasteiger partial charge is 0.508 e. The van der Waals surface area contributed by atoms with Crippen LogP contribution in [-0.2, 0) is 11.0 Å². The highest BCUT2D eigenvalue weighted by Crippen LogP contribution is 2.44. The topological polar surface area (TPSA) is 127 Å². The Morgan fingerprint density at radius 2 is 1.78 bits per heavy atom. The van der Waals surface area contributed by atoms with E-state index >= 15 is 0 Å². The average Bonchev–Trinajstić information content (AvgIpc) is 2.43. The number of hydrogen-bond donors (Lipinski definition) is 5. The SMILES string of the molecule is O=P(O)(O)Oc1cccc(O)c1C(O)CCc1cccc(O)c1. The van der Waals surface area contributed by atoms with Crippen LogP contribution in [0.25, 0.3) is 0 Å². The molecule has 1 unspecified atom stereocenters. The van der Waals surface area contributed by atoms with E-state index in [-0.39, 0.29) is 29.2 Å². The molecule has 0 radical (unpaired) electrons. The van der Waals surface area contributed by atoms with E-state index in [1.807, 2.05) is 0 Å². The quantitative estimate of drug-likeness (QED) is 0.510. The fourth-order valence-electron chi connectivity index (χ4n) is 2.23. The molecule has 0 aliphatic rings. The van der Waals surface area contributed by atoms with E-state index in [2.05, 4.69) is 4.52 Å². The number of aromatic hydroxyl groups is 2. The first-order chi connectivity index (χ1) is 10.8. The third-order valence-corrected chi connectivity index (χ3v) is 3.65. The number of aryl methyl sites for hydroxylation is 1. The molecule has 2 aromatic carbocycles. The second-order valence-electron chi connectivity index (χ2n) is 5.00. The van der Waals surface area contributed by atoms with Gasteiger partial charge in [-0.3, -0.25) is 9.79 Å². The van der Waals surface area contributed by atoms with Crippen LogP contribution >= 0.6 is 7.82 Å². The van der Waals surface area contributed by atoms with Crippen molar-refractivity contribution in [1.82, 2.24) is 0 Å². The Balaban J connectivity index is 2.18. The summed E-state index contributed by atoms with van der Waals surface area (Å²) in [4.78, 5) is 17.8. The van der Waals surface area contributed by atoms with Crippen molar-refractivity contribution in [2.45, 2.75) is 18.9 Å². The molecule has 5 N–H and O–H groups in total. The molecule has 0 spiro atoms. The first-order valence-corrected chi connectivity index (χ1v) is 8.32. The van der Waals surface area contributed by atoms with Gasteiger partial charge in [-0.05, 0) is 42.7 Å². The molecular weight excluding hydrogens is 323 g/mol. The lowest BCUT2D eigenvalue weighted by Gasteiger charge is -2.17. The highest BCUT2D eigenvalue weighted by molar-refractivity contribution is 7.46. The molecule has 1 atom stereocenters. The molecule has 2 rings (SSSR count). The normalized spacial score (nSPS) is 12.8. The van der Waals surface area contributed by atoms with E-state index < -0.39 is 13.9 Å². The number of hydrogen-bond acceptors (Lipinski definition) is 5. The lowest BCUT2D eigenvalue weighted by atomic mass is 10.00. The summed E-state index contributed by atoms with van der Waals surface area (Å²) in [5, 5.41) is 29.5. The lowest BCUT2D eigenvalue weighted by molar-refractivity contribution is 0.160. The van der Waals surface area contributed by atoms with Gasteiger partial charge in [0, 0.05) is 0 Å². The number of benzene rings is 2. The maximum Gasteiger partial charge on any atom is 0.524 e. The number of phosphoric ester groups is 1. The minimum absolute atomic E-state index is 0.0871. The largest absolute Gasteiger partial charge is 0.524 e. The summed E-state index contributed by atoms with van der Waals surface area (Å²) in [7, 11) is -4.81. The fraction of sp³-hybridized carbons (Fsp3) is 0.200. The van der Waals surface area contributed by atoms with E-state index in [1.54, 1.807) is 18.2 Å². The zero-order valence-electron chi connectivity index (χ0n) is 12.0. The fourth-order valence-corrected chi connectivity index (χ4v) is 2.65. The Morgan fingerprint density at radius 3 is 2.43 bits per heavy atom. The van der Waals surface area contributed by atoms with E-state index in [0.29, 0.717) is 6.42 Å². The molecule has 23 heavy (non-hydrogen) atoms. The van der Waals surface area contributed by atoms with Gasteiger partial charge in [0.25, 0.3) is 0 Å². The minimum Gasteiger partial charge on any atom is -0.508 e. The summed E-state index contributed by atoms with van der Waals surface area (Å²) < 4.78 is 15.5. The van der Waals surface area contributed by atoms with Crippen molar-refractivity contribution in [3.63, 3.8) is 0 Å². The molecule has 8 heteroatoms. The summed E-state index contributed by atoms with van der Waals surface area (Å²) >= 11 is 0. The maximum atomic E-state index is 11.0. The monoisotopic (exact) mass is 340 g/mol. The molecule has 124 valence electrons. The van der Waals surface area contributed by atoms with Gasteiger partial charge in [0.2, 0.25) is 0 Å². The van der Waals surface area contributed by atoms with Crippen LogP contribution in [0.4, 0.5) is 0 Å². The summed E-state index contributed by atoms with van der Waals surface area (Å²) in [5.74, 6) is -0.494. The molecule has 0 aromatic heterocycles. The third-order valence-electron chi connectivity index (χ3n) is 3.21. The van der Waals surface area contributed by atoms with Gasteiger partial charge < -0.3 is 19.8 Å². The molecule has 0 aliphatic heterocycles. The summed E-state index contributed by atoms with van der Waals surface area (Å²) in [6.07, 6.45) is -0.641. The number of phenols is 2. The lowest BCUT2D eigenvalue weighted by Crippen LogP contribution is -2.04. The second kappa shape index (κ2) is 7.02. The molecule has 0 aliphatic carbocycles. The number of phosphoric acid groups is 1. The summed E-state index contributed by atoms with van der Waals surface area (Å²) in [6.45, 7) is 0. The van der Waals surface area contributed by atoms with E-state index in [0.717, 1.165) is 5.56 Å². The van der Waals surface area contributed by atoms with Gasteiger partial charge in [0.15, 0.2) is 0 Å². The van der Waals surface area contributed by atoms with Crippen LogP contribution < -0.4 is 4.52 Å². The van der Waals surface area contributed by atoms with E-state index in [9.17, 15) is 19.9 Å². The molecule has 0 fully saturated rings. The number of phenolic OH excluding ortho intramolecular Hbond substituents is 2. The van der Waals surface area contributed by atoms with Crippen molar-refractivity contribution in [3.05, 3.63) is 53.6 Å². The van der Waals surface area contributed by atoms with Crippen LogP contribution in [0.3, 0.4) is 0 Å². The first-order valence-electron chi connectivity index (χ1n) is 6.79. The van der Waals surface area contributed by atoms with Crippen molar-refractivity contribution < 1.29 is 34.2 Å². The molecule has 2 aromatic rings. The van der Waals surface area contributed by atoms with Crippen molar-refractivity contribution >= 4 is 7.82 Å². The van der Waals surface area contributed by atoms with Crippen LogP contribution in [0.5, 0.6) is 17.2 Å². The highest BCUT2D eigenvalue weighted by atomic mass is 31.2. The van der Waals surface area contributed by atoms with Crippen LogP contribution in [0, 0.1) is 0 Å². The Hall–Kier alpha value is -2.05. The minimum atomic E-state index is -4.81. The number of rotatable bonds is 6. The van der Waals surface area contributed by atoms with Crippen LogP contribution in [0.15, 0.2) is 42.5 Å². The summed E-state index contributed by atoms with van der Waals surface area (Å²) in [6, 6.07) is 10.4. The standard InChI is InChI=1S/C15H17O7P/c16-11-4-1-3-10(9-11)7-8-13(18)15-12(17)5-2-6-14(15)22-23(19,20)21/h1-6,9,13,16-18H,7-8H2,(H2,19,20,21). The Bertz CT molecular complexity index is 726. The predicted molar refractivity (Wildman–Crippen MR) is 82.2 cm³/mol. The van der Waals surface area contributed by atoms with Crippen molar-refractivity contribution in [3.8, 4) is 17.2 Å². The third kappa shape index (κ3) is 4.97. The second-order valence-corrected chi connectivity index (χ2v) is 6.16. The van der Waals surface area contributed by atoms with Gasteiger partial charge in [-0.25, -0.2) is 4.57 Å². The van der Waals surface area contributed by atoms with Crippen LogP contribution in [0.1, 0.15) is 23.7 Å². The van der Waals surface area contributed by atoms with Gasteiger partial charge in [-0.15, -0.1) is 0 Å². The number of aliphatic hydroxyl groups excluding tert-OH is 1. The van der Waals surface area contributed by atoms with Crippen molar-refractivity contribution in [1.29, 1.82) is 0 Å². The Morgan fingerprint density at radius 1 is 1.09 bits per heavy atom. The van der Waals surface area contributed by atoms with Gasteiger partial charge in [-0.2, -0.15) is 0 Å². The Kier molecular flexibility index (Phi) is 5.28. The zero-order valence-corrected chi connectivity index (χ0v) is 12.9. The van der Waals surface area contributed by atoms with E-state index in [1.165, 1.54) is 24.3 Å². The molecule has 0 amide bonds. The van der Waals surface area contributed by atoms with Crippen LogP contribution in [-0.4, -0.2) is 25.1 Å². The van der Waals surface area contributed by atoms with Crippen molar-refractivity contribution in [2.24, 2.45) is 0 Å². The average molecular weight is 340 g/mol. The van der Waals surface area contributed by atoms with Crippen LogP contribution in [0.2, 0.25) is 0 Å². The molecular formula is C15H17O7P. The maximum absolute atomic E-state index is 11.0. The van der Waals surface area contributed by atoms with Gasteiger partial charge >= 0.3 is 7.82 Å². The predicted octanol–water partition coefficient (Wildman–Crippen LogP) is 2.24. The van der Waals surface area contributed by atoms with Gasteiger partial charge in [-0.1, -0.05) is 18.2 Å². The summed E-state index contributed by atoms with van der Waals surface area (Å²) in [5.41, 5.74) is 0.688. The first kappa shape index (κ1) is 17.3. The zero-order chi connectivity index (χ0) is 17.0. The van der Waals surface area contributed by atoms with Gasteiger partial charge in [0.05, 0.1) is 11.7 Å². The molecule has 0 saturated carbocycles. The Labute approximate surface area is 132 Å². The number of aliphatic hydroxyl groups is 1. The highest BCUT2D eigenvalue weighted by Gasteiger charge is 2.24. The molecule has 7 nitrogen and oxygen atoms in total. The molecule has 0 heterocycles.